The van der Waals surface area contributed by atoms with Crippen molar-refractivity contribution in [1.29, 1.82) is 0 Å². The van der Waals surface area contributed by atoms with Gasteiger partial charge >= 0.3 is 0 Å². The Morgan fingerprint density at radius 1 is 1.32 bits per heavy atom. The average molecular weight is 420 g/mol. The van der Waals surface area contributed by atoms with Crippen LogP contribution in [0.3, 0.4) is 0 Å². The molecule has 28 heavy (non-hydrogen) atoms. The molecule has 1 aliphatic heterocycles. The molecule has 1 fully saturated rings. The van der Waals surface area contributed by atoms with Crippen LogP contribution in [0.2, 0.25) is 5.02 Å². The molecule has 1 N–H and O–H groups in total. The van der Waals surface area contributed by atoms with Crippen LogP contribution < -0.4 is 4.74 Å². The molecule has 2 heterocycles. The predicted octanol–water partition coefficient (Wildman–Crippen LogP) is 4.94. The van der Waals surface area contributed by atoms with E-state index >= 15 is 0 Å². The van der Waals surface area contributed by atoms with Crippen molar-refractivity contribution in [3.63, 3.8) is 0 Å². The van der Waals surface area contributed by atoms with Gasteiger partial charge in [-0.15, -0.1) is 11.3 Å². The Labute approximate surface area is 173 Å². The quantitative estimate of drug-likeness (QED) is 0.409. The van der Waals surface area contributed by atoms with Crippen molar-refractivity contribution in [3.05, 3.63) is 56.2 Å². The molecule has 7 heteroatoms. The number of aliphatic hydroxyl groups excluding tert-OH is 1. The second kappa shape index (κ2) is 8.37. The maximum absolute atomic E-state index is 12.9. The number of ketones is 1. The molecule has 0 spiro atoms. The first-order valence-electron chi connectivity index (χ1n) is 9.07. The highest BCUT2D eigenvalue weighted by Crippen LogP contribution is 2.43. The molecule has 3 rings (SSSR count). The van der Waals surface area contributed by atoms with Gasteiger partial charge < -0.3 is 14.7 Å². The SMILES string of the molecule is CCCCN1C(=O)C(=O)/C(=C(\O)c2ccc(OC)c(Cl)c2)C1c1sccc1C. The van der Waals surface area contributed by atoms with E-state index in [1.54, 1.807) is 17.0 Å². The number of hydrogen-bond donors (Lipinski definition) is 1. The van der Waals surface area contributed by atoms with Crippen molar-refractivity contribution >= 4 is 40.4 Å². The number of amides is 1. The van der Waals surface area contributed by atoms with Gasteiger partial charge in [-0.2, -0.15) is 0 Å². The minimum Gasteiger partial charge on any atom is -0.507 e. The van der Waals surface area contributed by atoms with Crippen LogP contribution in [0.25, 0.3) is 5.76 Å². The molecular weight excluding hydrogens is 398 g/mol. The van der Waals surface area contributed by atoms with Gasteiger partial charge in [-0.05, 0) is 48.6 Å². The lowest BCUT2D eigenvalue weighted by atomic mass is 9.98. The lowest BCUT2D eigenvalue weighted by Gasteiger charge is -2.24. The molecule has 1 saturated heterocycles. The molecule has 148 valence electrons. The standard InChI is InChI=1S/C21H22ClNO4S/c1-4-5-9-23-17(20-12(2)8-10-28-20)16(19(25)21(23)26)18(24)13-6-7-15(27-3)14(22)11-13/h6-8,10-11,17,24H,4-5,9H2,1-3H3/b18-16-. The highest BCUT2D eigenvalue weighted by atomic mass is 35.5. The number of likely N-dealkylation sites (tertiary alicyclic amines) is 1. The number of aliphatic hydroxyl groups is 1. The van der Waals surface area contributed by atoms with Crippen LogP contribution in [-0.2, 0) is 9.59 Å². The van der Waals surface area contributed by atoms with Gasteiger partial charge in [0.2, 0.25) is 0 Å². The van der Waals surface area contributed by atoms with E-state index in [9.17, 15) is 14.7 Å². The molecule has 2 aromatic rings. The molecular formula is C21H22ClNO4S. The predicted molar refractivity (Wildman–Crippen MR) is 111 cm³/mol. The van der Waals surface area contributed by atoms with Crippen LogP contribution in [0, 0.1) is 6.92 Å². The van der Waals surface area contributed by atoms with E-state index in [0.29, 0.717) is 22.9 Å². The Kier molecular flexibility index (Phi) is 6.10. The maximum atomic E-state index is 12.9. The Hall–Kier alpha value is -2.31. The van der Waals surface area contributed by atoms with E-state index in [-0.39, 0.29) is 11.3 Å². The summed E-state index contributed by atoms with van der Waals surface area (Å²) in [7, 11) is 1.50. The van der Waals surface area contributed by atoms with E-state index in [4.69, 9.17) is 16.3 Å². The number of rotatable bonds is 6. The van der Waals surface area contributed by atoms with Crippen molar-refractivity contribution in [2.45, 2.75) is 32.7 Å². The van der Waals surface area contributed by atoms with Gasteiger partial charge in [0.25, 0.3) is 11.7 Å². The summed E-state index contributed by atoms with van der Waals surface area (Å²) in [5, 5.41) is 13.2. The zero-order valence-electron chi connectivity index (χ0n) is 16.0. The second-order valence-corrected chi connectivity index (χ2v) is 8.02. The summed E-state index contributed by atoms with van der Waals surface area (Å²) in [5.74, 6) is -1.00. The summed E-state index contributed by atoms with van der Waals surface area (Å²) < 4.78 is 5.14. The van der Waals surface area contributed by atoms with Gasteiger partial charge in [-0.25, -0.2) is 0 Å². The zero-order valence-corrected chi connectivity index (χ0v) is 17.6. The monoisotopic (exact) mass is 419 g/mol. The lowest BCUT2D eigenvalue weighted by molar-refractivity contribution is -0.139. The van der Waals surface area contributed by atoms with E-state index in [0.717, 1.165) is 23.3 Å². The normalized spacial score (nSPS) is 18.7. The van der Waals surface area contributed by atoms with E-state index < -0.39 is 17.7 Å². The summed E-state index contributed by atoms with van der Waals surface area (Å²) in [4.78, 5) is 28.0. The fourth-order valence-corrected chi connectivity index (χ4v) is 4.65. The fourth-order valence-electron chi connectivity index (χ4n) is 3.35. The first-order valence-corrected chi connectivity index (χ1v) is 10.3. The topological polar surface area (TPSA) is 66.8 Å². The van der Waals surface area contributed by atoms with Crippen LogP contribution in [0.1, 0.15) is 41.8 Å². The average Bonchev–Trinajstić information content (AvgIpc) is 3.20. The largest absolute Gasteiger partial charge is 0.507 e. The summed E-state index contributed by atoms with van der Waals surface area (Å²) in [6, 6.07) is 6.14. The van der Waals surface area contributed by atoms with Crippen LogP contribution in [-0.4, -0.2) is 35.4 Å². The molecule has 0 radical (unpaired) electrons. The minimum atomic E-state index is -0.668. The molecule has 1 unspecified atom stereocenters. The number of carbonyl (C=O) groups excluding carboxylic acids is 2. The van der Waals surface area contributed by atoms with Crippen LogP contribution in [0.15, 0.2) is 35.2 Å². The van der Waals surface area contributed by atoms with E-state index in [2.05, 4.69) is 0 Å². The molecule has 1 amide bonds. The number of methoxy groups -OCH3 is 1. The number of unbranched alkanes of at least 4 members (excludes halogenated alkanes) is 1. The number of nitrogens with zero attached hydrogens (tertiary/aromatic N) is 1. The van der Waals surface area contributed by atoms with Crippen molar-refractivity contribution in [1.82, 2.24) is 4.90 Å². The minimum absolute atomic E-state index is 0.105. The summed E-state index contributed by atoms with van der Waals surface area (Å²) in [5.41, 5.74) is 1.46. The van der Waals surface area contributed by atoms with Crippen LogP contribution >= 0.6 is 22.9 Å². The van der Waals surface area contributed by atoms with Gasteiger partial charge in [-0.3, -0.25) is 9.59 Å². The Morgan fingerprint density at radius 2 is 2.07 bits per heavy atom. The maximum Gasteiger partial charge on any atom is 0.295 e. The number of thiophene rings is 1. The smallest absolute Gasteiger partial charge is 0.295 e. The highest BCUT2D eigenvalue weighted by molar-refractivity contribution is 7.10. The van der Waals surface area contributed by atoms with Gasteiger partial charge in [-0.1, -0.05) is 24.9 Å². The number of aryl methyl sites for hydroxylation is 1. The lowest BCUT2D eigenvalue weighted by Crippen LogP contribution is -2.30. The van der Waals surface area contributed by atoms with Crippen molar-refractivity contribution < 1.29 is 19.4 Å². The first kappa shape index (κ1) is 20.4. The fraction of sp³-hybridized carbons (Fsp3) is 0.333. The van der Waals surface area contributed by atoms with Crippen LogP contribution in [0.4, 0.5) is 0 Å². The number of Topliss-reactive ketones (excluding diaryl/α,β-unsaturated/α-hetero) is 1. The summed E-state index contributed by atoms with van der Waals surface area (Å²) in [6.45, 7) is 4.43. The number of halogens is 1. The Bertz CT molecular complexity index is 950. The van der Waals surface area contributed by atoms with Crippen molar-refractivity contribution in [3.8, 4) is 5.75 Å². The number of benzene rings is 1. The van der Waals surface area contributed by atoms with E-state index in [1.165, 1.54) is 24.5 Å². The molecule has 0 bridgehead atoms. The van der Waals surface area contributed by atoms with Gasteiger partial charge in [0.1, 0.15) is 11.5 Å². The third kappa shape index (κ3) is 3.54. The number of carbonyl (C=O) groups is 2. The third-order valence-corrected chi connectivity index (χ3v) is 6.23. The van der Waals surface area contributed by atoms with Gasteiger partial charge in [0.15, 0.2) is 0 Å². The highest BCUT2D eigenvalue weighted by Gasteiger charge is 2.46. The molecule has 0 saturated carbocycles. The molecule has 1 aliphatic rings. The van der Waals surface area contributed by atoms with Gasteiger partial charge in [0, 0.05) is 17.0 Å². The summed E-state index contributed by atoms with van der Waals surface area (Å²) in [6.07, 6.45) is 1.68. The second-order valence-electron chi connectivity index (χ2n) is 6.66. The summed E-state index contributed by atoms with van der Waals surface area (Å²) >= 11 is 7.66. The van der Waals surface area contributed by atoms with E-state index in [1.807, 2.05) is 25.3 Å². The van der Waals surface area contributed by atoms with Crippen molar-refractivity contribution in [2.75, 3.05) is 13.7 Å². The number of hydrogen-bond acceptors (Lipinski definition) is 5. The zero-order chi connectivity index (χ0) is 20.4. The molecule has 0 aliphatic carbocycles. The van der Waals surface area contributed by atoms with Gasteiger partial charge in [0.05, 0.1) is 23.7 Å². The van der Waals surface area contributed by atoms with Crippen LogP contribution in [0.5, 0.6) is 5.75 Å². The van der Waals surface area contributed by atoms with Crippen molar-refractivity contribution in [2.24, 2.45) is 0 Å². The molecule has 1 aromatic heterocycles. The third-order valence-electron chi connectivity index (χ3n) is 4.87. The molecule has 5 nitrogen and oxygen atoms in total. The molecule has 1 atom stereocenters. The number of ether oxygens (including phenoxy) is 1. The molecule has 1 aromatic carbocycles. The Balaban J connectivity index is 2.16. The Morgan fingerprint density at radius 3 is 2.64 bits per heavy atom. The first-order chi connectivity index (χ1) is 13.4.